The van der Waals surface area contributed by atoms with E-state index in [4.69, 9.17) is 9.47 Å². The van der Waals surface area contributed by atoms with Gasteiger partial charge in [0.25, 0.3) is 0 Å². The first-order valence-corrected chi connectivity index (χ1v) is 8.27. The average molecular weight is 330 g/mol. The minimum Gasteiger partial charge on any atom is -0.465 e. The first-order valence-electron chi connectivity index (χ1n) is 8.27. The van der Waals surface area contributed by atoms with E-state index in [-0.39, 0.29) is 26.1 Å². The Morgan fingerprint density at radius 1 is 1.00 bits per heavy atom. The lowest BCUT2D eigenvalue weighted by atomic mass is 9.78. The van der Waals surface area contributed by atoms with Crippen molar-refractivity contribution < 1.29 is 19.1 Å². The maximum Gasteiger partial charge on any atom is 0.324 e. The van der Waals surface area contributed by atoms with E-state index >= 15 is 0 Å². The van der Waals surface area contributed by atoms with Crippen LogP contribution in [0.15, 0.2) is 54.6 Å². The van der Waals surface area contributed by atoms with Crippen molar-refractivity contribution >= 4 is 11.9 Å². The quantitative estimate of drug-likeness (QED) is 0.392. The number of esters is 2. The Kier molecular flexibility index (Phi) is 8.55. The predicted octanol–water partition coefficient (Wildman–Crippen LogP) is 3.86. The molecule has 0 aliphatic carbocycles. The second-order valence-corrected chi connectivity index (χ2v) is 5.34. The summed E-state index contributed by atoms with van der Waals surface area (Å²) in [6.45, 7) is 5.79. The Balaban J connectivity index is 3.24. The summed E-state index contributed by atoms with van der Waals surface area (Å²) >= 11 is 0. The molecule has 1 rings (SSSR count). The molecule has 0 aliphatic rings. The number of hydrogen-bond acceptors (Lipinski definition) is 4. The van der Waals surface area contributed by atoms with Crippen molar-refractivity contribution in [2.24, 2.45) is 5.41 Å². The van der Waals surface area contributed by atoms with Gasteiger partial charge in [0.05, 0.1) is 13.2 Å². The van der Waals surface area contributed by atoms with Crippen LogP contribution in [0.4, 0.5) is 0 Å². The summed E-state index contributed by atoms with van der Waals surface area (Å²) < 4.78 is 10.4. The van der Waals surface area contributed by atoms with Gasteiger partial charge in [-0.3, -0.25) is 9.59 Å². The highest BCUT2D eigenvalue weighted by Gasteiger charge is 2.48. The Morgan fingerprint density at radius 3 is 2.08 bits per heavy atom. The Morgan fingerprint density at radius 2 is 1.58 bits per heavy atom. The summed E-state index contributed by atoms with van der Waals surface area (Å²) in [6.07, 6.45) is 7.82. The molecule has 0 bridgehead atoms. The van der Waals surface area contributed by atoms with Gasteiger partial charge in [0.1, 0.15) is 0 Å². The van der Waals surface area contributed by atoms with E-state index in [2.05, 4.69) is 0 Å². The number of carbonyl (C=O) groups is 2. The molecule has 4 heteroatoms. The van der Waals surface area contributed by atoms with Gasteiger partial charge in [-0.05, 0) is 39.2 Å². The highest BCUT2D eigenvalue weighted by atomic mass is 16.6. The molecule has 0 unspecified atom stereocenters. The normalized spacial score (nSPS) is 11.8. The second-order valence-electron chi connectivity index (χ2n) is 5.34. The van der Waals surface area contributed by atoms with Crippen LogP contribution in [-0.2, 0) is 25.5 Å². The van der Waals surface area contributed by atoms with Gasteiger partial charge in [0, 0.05) is 0 Å². The van der Waals surface area contributed by atoms with E-state index in [9.17, 15) is 9.59 Å². The van der Waals surface area contributed by atoms with E-state index in [0.717, 1.165) is 5.56 Å². The zero-order valence-electron chi connectivity index (χ0n) is 14.7. The lowest BCUT2D eigenvalue weighted by Crippen LogP contribution is -2.43. The summed E-state index contributed by atoms with van der Waals surface area (Å²) in [6, 6.07) is 9.44. The van der Waals surface area contributed by atoms with Gasteiger partial charge in [0.15, 0.2) is 5.41 Å². The van der Waals surface area contributed by atoms with Crippen molar-refractivity contribution in [2.45, 2.75) is 33.6 Å². The molecule has 0 heterocycles. The predicted molar refractivity (Wildman–Crippen MR) is 94.4 cm³/mol. The molecule has 0 fully saturated rings. The van der Waals surface area contributed by atoms with Crippen molar-refractivity contribution in [3.63, 3.8) is 0 Å². The molecule has 0 N–H and O–H groups in total. The molecule has 4 nitrogen and oxygen atoms in total. The number of benzene rings is 1. The standard InChI is InChI=1S/C20H26O4/c1-4-7-8-12-15-20(18(21)23-5-2,19(22)24-6-3)16-17-13-10-9-11-14-17/h4,7-14H,5-6,15-16H2,1-3H3/b7-4+,12-8-. The summed E-state index contributed by atoms with van der Waals surface area (Å²) in [5.41, 5.74) is -0.483. The number of hydrogen-bond donors (Lipinski definition) is 0. The smallest absolute Gasteiger partial charge is 0.324 e. The van der Waals surface area contributed by atoms with Gasteiger partial charge in [-0.2, -0.15) is 0 Å². The molecule has 0 radical (unpaired) electrons. The molecular formula is C20H26O4. The number of carbonyl (C=O) groups excluding carboxylic acids is 2. The van der Waals surface area contributed by atoms with Gasteiger partial charge in [-0.25, -0.2) is 0 Å². The van der Waals surface area contributed by atoms with E-state index in [1.165, 1.54) is 0 Å². The van der Waals surface area contributed by atoms with Crippen molar-refractivity contribution in [1.82, 2.24) is 0 Å². The van der Waals surface area contributed by atoms with Crippen LogP contribution in [0.5, 0.6) is 0 Å². The lowest BCUT2D eigenvalue weighted by molar-refractivity contribution is -0.171. The molecule has 0 saturated heterocycles. The van der Waals surface area contributed by atoms with Crippen LogP contribution >= 0.6 is 0 Å². The molecule has 0 atom stereocenters. The molecule has 0 amide bonds. The average Bonchev–Trinajstić information content (AvgIpc) is 2.59. The minimum atomic E-state index is -1.37. The number of rotatable bonds is 9. The summed E-state index contributed by atoms with van der Waals surface area (Å²) in [5, 5.41) is 0. The largest absolute Gasteiger partial charge is 0.465 e. The third kappa shape index (κ3) is 5.37. The Labute approximate surface area is 144 Å². The van der Waals surface area contributed by atoms with Crippen molar-refractivity contribution in [2.75, 3.05) is 13.2 Å². The molecule has 1 aromatic carbocycles. The lowest BCUT2D eigenvalue weighted by Gasteiger charge is -2.28. The highest BCUT2D eigenvalue weighted by molar-refractivity contribution is 6.00. The molecule has 1 aromatic rings. The van der Waals surface area contributed by atoms with Crippen LogP contribution in [0, 0.1) is 5.41 Å². The molecule has 24 heavy (non-hydrogen) atoms. The molecule has 0 aliphatic heterocycles. The van der Waals surface area contributed by atoms with Crippen LogP contribution in [0.25, 0.3) is 0 Å². The van der Waals surface area contributed by atoms with E-state index in [1.54, 1.807) is 19.9 Å². The fourth-order valence-corrected chi connectivity index (χ4v) is 2.41. The van der Waals surface area contributed by atoms with E-state index < -0.39 is 17.4 Å². The Bertz CT molecular complexity index is 555. The monoisotopic (exact) mass is 330 g/mol. The summed E-state index contributed by atoms with van der Waals surface area (Å²) in [5.74, 6) is -1.09. The molecule has 0 spiro atoms. The van der Waals surface area contributed by atoms with Gasteiger partial charge < -0.3 is 9.47 Å². The van der Waals surface area contributed by atoms with Crippen LogP contribution < -0.4 is 0 Å². The third-order valence-corrected chi connectivity index (χ3v) is 3.59. The highest BCUT2D eigenvalue weighted by Crippen LogP contribution is 2.32. The minimum absolute atomic E-state index is 0.216. The SMILES string of the molecule is C/C=C/C=C\CC(Cc1ccccc1)(C(=O)OCC)C(=O)OCC. The number of ether oxygens (including phenoxy) is 2. The van der Waals surface area contributed by atoms with E-state index in [0.29, 0.717) is 0 Å². The maximum atomic E-state index is 12.7. The summed E-state index contributed by atoms with van der Waals surface area (Å²) in [4.78, 5) is 25.3. The topological polar surface area (TPSA) is 52.6 Å². The van der Waals surface area contributed by atoms with Crippen molar-refractivity contribution in [1.29, 1.82) is 0 Å². The fourth-order valence-electron chi connectivity index (χ4n) is 2.41. The summed E-state index contributed by atoms with van der Waals surface area (Å²) in [7, 11) is 0. The molecule has 130 valence electrons. The van der Waals surface area contributed by atoms with Crippen LogP contribution in [0.1, 0.15) is 32.8 Å². The zero-order chi connectivity index (χ0) is 17.8. The third-order valence-electron chi connectivity index (χ3n) is 3.59. The molecular weight excluding hydrogens is 304 g/mol. The first kappa shape index (κ1) is 19.7. The number of allylic oxidation sites excluding steroid dienone is 4. The van der Waals surface area contributed by atoms with Gasteiger partial charge in [-0.15, -0.1) is 0 Å². The fraction of sp³-hybridized carbons (Fsp3) is 0.400. The first-order chi connectivity index (χ1) is 11.6. The van der Waals surface area contributed by atoms with Crippen LogP contribution in [0.2, 0.25) is 0 Å². The van der Waals surface area contributed by atoms with Crippen molar-refractivity contribution in [3.8, 4) is 0 Å². The zero-order valence-corrected chi connectivity index (χ0v) is 14.7. The van der Waals surface area contributed by atoms with Crippen LogP contribution in [-0.4, -0.2) is 25.2 Å². The Hall–Kier alpha value is -2.36. The van der Waals surface area contributed by atoms with Gasteiger partial charge in [-0.1, -0.05) is 54.6 Å². The van der Waals surface area contributed by atoms with Gasteiger partial charge >= 0.3 is 11.9 Å². The van der Waals surface area contributed by atoms with E-state index in [1.807, 2.05) is 55.5 Å². The molecule has 0 saturated carbocycles. The van der Waals surface area contributed by atoms with Gasteiger partial charge in [0.2, 0.25) is 0 Å². The second kappa shape index (κ2) is 10.4. The molecule has 0 aromatic heterocycles. The maximum absolute atomic E-state index is 12.7. The van der Waals surface area contributed by atoms with Crippen molar-refractivity contribution in [3.05, 3.63) is 60.2 Å². The van der Waals surface area contributed by atoms with Crippen LogP contribution in [0.3, 0.4) is 0 Å².